The number of carbonyl (C=O) groups excluding carboxylic acids is 2. The van der Waals surface area contributed by atoms with Crippen molar-refractivity contribution in [3.8, 4) is 0 Å². The van der Waals surface area contributed by atoms with E-state index >= 15 is 0 Å². The fourth-order valence-electron chi connectivity index (χ4n) is 2.42. The van der Waals surface area contributed by atoms with Gasteiger partial charge in [0.25, 0.3) is 15.9 Å². The second kappa shape index (κ2) is 5.99. The van der Waals surface area contributed by atoms with Gasteiger partial charge in [-0.2, -0.15) is 0 Å². The van der Waals surface area contributed by atoms with Crippen LogP contribution in [-0.2, 0) is 21.3 Å². The lowest BCUT2D eigenvalue weighted by Gasteiger charge is -2.12. The minimum Gasteiger partial charge on any atom is -0.462 e. The molecule has 0 bridgehead atoms. The van der Waals surface area contributed by atoms with Crippen molar-refractivity contribution in [1.29, 1.82) is 0 Å². The number of carbonyl (C=O) groups is 2. The summed E-state index contributed by atoms with van der Waals surface area (Å²) in [5.41, 5.74) is 0.603. The molecule has 0 unspecified atom stereocenters. The minimum absolute atomic E-state index is 0.00565. The van der Waals surface area contributed by atoms with Crippen LogP contribution in [-0.4, -0.2) is 36.2 Å². The third-order valence-electron chi connectivity index (χ3n) is 3.49. The molecule has 1 aromatic heterocycles. The highest BCUT2D eigenvalue weighted by molar-refractivity contribution is 7.90. The number of thiazole rings is 1. The molecule has 0 spiro atoms. The Morgan fingerprint density at radius 2 is 2.04 bits per heavy atom. The Hall–Kier alpha value is -2.26. The van der Waals surface area contributed by atoms with Crippen LogP contribution in [0.15, 0.2) is 29.2 Å². The van der Waals surface area contributed by atoms with Gasteiger partial charge in [0, 0.05) is 0 Å². The molecule has 7 nitrogen and oxygen atoms in total. The van der Waals surface area contributed by atoms with E-state index in [2.05, 4.69) is 4.98 Å². The Kier molecular flexibility index (Phi) is 4.14. The normalized spacial score (nSPS) is 15.4. The molecule has 1 aliphatic rings. The van der Waals surface area contributed by atoms with Gasteiger partial charge in [0.15, 0.2) is 0 Å². The van der Waals surface area contributed by atoms with E-state index in [9.17, 15) is 18.0 Å². The standard InChI is InChI=1S/C15H14N2O5S2/c1-3-22-15(19)13-9(2)16-12(23-13)8-17-14(18)10-6-4-5-7-11(10)24(17,20)21/h4-7H,3,8H2,1-2H3. The molecule has 126 valence electrons. The molecule has 9 heteroatoms. The summed E-state index contributed by atoms with van der Waals surface area (Å²) in [7, 11) is -3.89. The van der Waals surface area contributed by atoms with E-state index in [4.69, 9.17) is 4.74 Å². The number of fused-ring (bicyclic) bond motifs is 1. The van der Waals surface area contributed by atoms with Crippen LogP contribution < -0.4 is 0 Å². The van der Waals surface area contributed by atoms with Crippen LogP contribution in [0.5, 0.6) is 0 Å². The molecule has 2 heterocycles. The molecule has 1 aliphatic heterocycles. The smallest absolute Gasteiger partial charge is 0.350 e. The van der Waals surface area contributed by atoms with Crippen LogP contribution in [0.1, 0.15) is 37.7 Å². The zero-order valence-electron chi connectivity index (χ0n) is 13.0. The lowest BCUT2D eigenvalue weighted by Crippen LogP contribution is -2.29. The third kappa shape index (κ3) is 2.59. The molecular formula is C15H14N2O5S2. The van der Waals surface area contributed by atoms with Crippen LogP contribution >= 0.6 is 11.3 Å². The predicted molar refractivity (Wildman–Crippen MR) is 86.3 cm³/mol. The molecule has 0 fully saturated rings. The van der Waals surface area contributed by atoms with Gasteiger partial charge in [-0.15, -0.1) is 11.3 Å². The van der Waals surface area contributed by atoms with Gasteiger partial charge in [-0.3, -0.25) is 4.79 Å². The molecule has 2 aromatic rings. The summed E-state index contributed by atoms with van der Waals surface area (Å²) in [6.45, 7) is 3.36. The largest absolute Gasteiger partial charge is 0.462 e. The van der Waals surface area contributed by atoms with E-state index in [1.54, 1.807) is 26.0 Å². The maximum Gasteiger partial charge on any atom is 0.350 e. The molecule has 1 aromatic carbocycles. The van der Waals surface area contributed by atoms with Crippen molar-refractivity contribution < 1.29 is 22.7 Å². The van der Waals surface area contributed by atoms with E-state index in [-0.39, 0.29) is 23.6 Å². The number of nitrogens with zero attached hydrogens (tertiary/aromatic N) is 2. The van der Waals surface area contributed by atoms with Gasteiger partial charge in [0.1, 0.15) is 14.8 Å². The summed E-state index contributed by atoms with van der Waals surface area (Å²) < 4.78 is 30.8. The molecule has 3 rings (SSSR count). The zero-order chi connectivity index (χ0) is 17.5. The van der Waals surface area contributed by atoms with Crippen molar-refractivity contribution in [2.75, 3.05) is 6.61 Å². The van der Waals surface area contributed by atoms with E-state index in [0.29, 0.717) is 15.6 Å². The fraction of sp³-hybridized carbons (Fsp3) is 0.267. The highest BCUT2D eigenvalue weighted by Gasteiger charge is 2.41. The number of aromatic nitrogens is 1. The Morgan fingerprint density at radius 1 is 1.33 bits per heavy atom. The quantitative estimate of drug-likeness (QED) is 0.768. The molecule has 0 saturated heterocycles. The average Bonchev–Trinajstić information content (AvgIpc) is 3.00. The van der Waals surface area contributed by atoms with Crippen LogP contribution in [0.3, 0.4) is 0 Å². The number of aryl methyl sites for hydroxylation is 1. The van der Waals surface area contributed by atoms with Crippen molar-refractivity contribution in [2.24, 2.45) is 0 Å². The van der Waals surface area contributed by atoms with Crippen molar-refractivity contribution in [2.45, 2.75) is 25.3 Å². The Bertz CT molecular complexity index is 933. The summed E-state index contributed by atoms with van der Waals surface area (Å²) in [6.07, 6.45) is 0. The monoisotopic (exact) mass is 366 g/mol. The number of hydrogen-bond acceptors (Lipinski definition) is 7. The third-order valence-corrected chi connectivity index (χ3v) is 6.40. The van der Waals surface area contributed by atoms with Crippen LogP contribution in [0, 0.1) is 6.92 Å². The highest BCUT2D eigenvalue weighted by Crippen LogP contribution is 2.32. The maximum absolute atomic E-state index is 12.5. The van der Waals surface area contributed by atoms with Crippen LogP contribution in [0.2, 0.25) is 0 Å². The molecule has 0 atom stereocenters. The predicted octanol–water partition coefficient (Wildman–Crippen LogP) is 1.97. The van der Waals surface area contributed by atoms with Gasteiger partial charge in [-0.25, -0.2) is 22.5 Å². The van der Waals surface area contributed by atoms with Crippen molar-refractivity contribution >= 4 is 33.2 Å². The number of rotatable bonds is 4. The van der Waals surface area contributed by atoms with E-state index in [1.165, 1.54) is 12.1 Å². The van der Waals surface area contributed by atoms with E-state index in [1.807, 2.05) is 0 Å². The molecular weight excluding hydrogens is 352 g/mol. The first-order chi connectivity index (χ1) is 11.4. The molecule has 0 aliphatic carbocycles. The van der Waals surface area contributed by atoms with Crippen molar-refractivity contribution in [1.82, 2.24) is 9.29 Å². The first-order valence-electron chi connectivity index (χ1n) is 7.15. The average molecular weight is 366 g/mol. The molecule has 1 amide bonds. The summed E-state index contributed by atoms with van der Waals surface area (Å²) in [4.78, 5) is 28.7. The van der Waals surface area contributed by atoms with Crippen molar-refractivity contribution in [3.63, 3.8) is 0 Å². The number of hydrogen-bond donors (Lipinski definition) is 0. The van der Waals surface area contributed by atoms with E-state index < -0.39 is 21.9 Å². The number of amides is 1. The number of benzene rings is 1. The Labute approximate surface area is 142 Å². The fourth-order valence-corrected chi connectivity index (χ4v) is 4.98. The van der Waals surface area contributed by atoms with Gasteiger partial charge in [0.05, 0.1) is 24.4 Å². The summed E-state index contributed by atoms with van der Waals surface area (Å²) in [5.74, 6) is -1.09. The Morgan fingerprint density at radius 3 is 2.71 bits per heavy atom. The first-order valence-corrected chi connectivity index (χ1v) is 9.41. The van der Waals surface area contributed by atoms with Gasteiger partial charge >= 0.3 is 5.97 Å². The first kappa shape index (κ1) is 16.6. The highest BCUT2D eigenvalue weighted by atomic mass is 32.2. The summed E-state index contributed by atoms with van der Waals surface area (Å²) in [6, 6.07) is 6.06. The van der Waals surface area contributed by atoms with Gasteiger partial charge in [-0.05, 0) is 26.0 Å². The Balaban J connectivity index is 1.92. The lowest BCUT2D eigenvalue weighted by atomic mass is 10.2. The zero-order valence-corrected chi connectivity index (χ0v) is 14.6. The van der Waals surface area contributed by atoms with Crippen LogP contribution in [0.25, 0.3) is 0 Å². The van der Waals surface area contributed by atoms with Crippen molar-refractivity contribution in [3.05, 3.63) is 45.4 Å². The maximum atomic E-state index is 12.5. The van der Waals surface area contributed by atoms with Crippen LogP contribution in [0.4, 0.5) is 0 Å². The number of sulfonamides is 1. The van der Waals surface area contributed by atoms with Gasteiger partial charge < -0.3 is 4.74 Å². The van der Waals surface area contributed by atoms with Gasteiger partial charge in [-0.1, -0.05) is 12.1 Å². The summed E-state index contributed by atoms with van der Waals surface area (Å²) in [5, 5.41) is 0.361. The minimum atomic E-state index is -3.89. The molecule has 0 radical (unpaired) electrons. The molecule has 0 N–H and O–H groups in total. The van der Waals surface area contributed by atoms with E-state index in [0.717, 1.165) is 15.6 Å². The molecule has 24 heavy (non-hydrogen) atoms. The molecule has 0 saturated carbocycles. The SMILES string of the molecule is CCOC(=O)c1sc(CN2C(=O)c3ccccc3S2(=O)=O)nc1C. The second-order valence-electron chi connectivity index (χ2n) is 5.06. The lowest BCUT2D eigenvalue weighted by molar-refractivity contribution is 0.0530. The second-order valence-corrected chi connectivity index (χ2v) is 7.97. The number of esters is 1. The topological polar surface area (TPSA) is 93.6 Å². The number of ether oxygens (including phenoxy) is 1. The summed E-state index contributed by atoms with van der Waals surface area (Å²) >= 11 is 1.03. The van der Waals surface area contributed by atoms with Gasteiger partial charge in [0.2, 0.25) is 0 Å².